The fourth-order valence-electron chi connectivity index (χ4n) is 11.1. The summed E-state index contributed by atoms with van der Waals surface area (Å²) in [4.78, 5) is 0. The van der Waals surface area contributed by atoms with Crippen LogP contribution in [0.3, 0.4) is 0 Å². The molecule has 0 aliphatic rings. The van der Waals surface area contributed by atoms with Crippen molar-refractivity contribution < 1.29 is 4.42 Å². The average Bonchev–Trinajstić information content (AvgIpc) is 3.71. The summed E-state index contributed by atoms with van der Waals surface area (Å²) in [7, 11) is 0. The summed E-state index contributed by atoms with van der Waals surface area (Å²) in [5, 5.41) is 22.2. The van der Waals surface area contributed by atoms with Gasteiger partial charge in [0, 0.05) is 10.8 Å². The van der Waals surface area contributed by atoms with Crippen molar-refractivity contribution in [3.63, 3.8) is 0 Å². The molecule has 0 N–H and O–H groups in total. The Hall–Kier alpha value is -8.26. The van der Waals surface area contributed by atoms with E-state index in [0.29, 0.717) is 0 Å². The van der Waals surface area contributed by atoms with Gasteiger partial charge in [0.1, 0.15) is 11.2 Å². The van der Waals surface area contributed by atoms with Crippen molar-refractivity contribution in [2.24, 2.45) is 0 Å². The SMILES string of the molecule is c1ccc2cc(-c3c4ccccc4c(-c4c5ccccc5c(-c5ccc6c(c5)oc5cc7c8ccccc8c8ccccc8c7cc56)c5ccccc45)c4ccccc34)ccc2c1. The summed E-state index contributed by atoms with van der Waals surface area (Å²) in [6.45, 7) is 0. The molecule has 0 radical (unpaired) electrons. The van der Waals surface area contributed by atoms with Gasteiger partial charge in [-0.3, -0.25) is 0 Å². The standard InChI is InChI=1S/C62H36O/c1-2-16-38-33-39(30-29-37(38)15-1)59-46-21-7-11-25-50(46)61(51-26-12-8-22-47(51)59)62-52-27-13-9-23-48(52)60(49-24-10-14-28-53(49)62)40-31-32-45-56-35-54-43-19-5-3-17-41(43)42-18-4-6-20-44(42)55(54)36-58(56)63-57(45)34-40/h1-36H. The number of hydrogen-bond donors (Lipinski definition) is 0. The summed E-state index contributed by atoms with van der Waals surface area (Å²) in [6.07, 6.45) is 0. The summed E-state index contributed by atoms with van der Waals surface area (Å²) in [5.74, 6) is 0. The molecule has 0 spiro atoms. The van der Waals surface area contributed by atoms with Gasteiger partial charge in [-0.1, -0.05) is 188 Å². The Labute approximate surface area is 362 Å². The Kier molecular flexibility index (Phi) is 7.17. The van der Waals surface area contributed by atoms with Crippen LogP contribution in [0.1, 0.15) is 0 Å². The van der Waals surface area contributed by atoms with E-state index in [9.17, 15) is 0 Å². The molecule has 0 unspecified atom stereocenters. The first kappa shape index (κ1) is 34.5. The maximum atomic E-state index is 6.87. The highest BCUT2D eigenvalue weighted by molar-refractivity contribution is 6.31. The molecule has 14 rings (SSSR count). The zero-order valence-corrected chi connectivity index (χ0v) is 34.2. The third kappa shape index (κ3) is 4.93. The fourth-order valence-corrected chi connectivity index (χ4v) is 11.1. The van der Waals surface area contributed by atoms with Crippen molar-refractivity contribution in [1.82, 2.24) is 0 Å². The van der Waals surface area contributed by atoms with Crippen molar-refractivity contribution in [1.29, 1.82) is 0 Å². The second-order valence-electron chi connectivity index (χ2n) is 17.0. The fraction of sp³-hybridized carbons (Fsp3) is 0. The molecule has 1 heterocycles. The summed E-state index contributed by atoms with van der Waals surface area (Å²) in [6, 6.07) is 80.6. The van der Waals surface area contributed by atoms with Crippen LogP contribution >= 0.6 is 0 Å². The average molecular weight is 797 g/mol. The van der Waals surface area contributed by atoms with Crippen LogP contribution in [-0.4, -0.2) is 0 Å². The van der Waals surface area contributed by atoms with E-state index in [1.54, 1.807) is 0 Å². The van der Waals surface area contributed by atoms with E-state index in [-0.39, 0.29) is 0 Å². The van der Waals surface area contributed by atoms with E-state index >= 15 is 0 Å². The van der Waals surface area contributed by atoms with Crippen LogP contribution in [-0.2, 0) is 0 Å². The van der Waals surface area contributed by atoms with Gasteiger partial charge in [0.2, 0.25) is 0 Å². The summed E-state index contributed by atoms with van der Waals surface area (Å²) in [5.41, 5.74) is 9.19. The van der Waals surface area contributed by atoms with Gasteiger partial charge >= 0.3 is 0 Å². The molecule has 0 atom stereocenters. The van der Waals surface area contributed by atoms with Crippen LogP contribution < -0.4 is 0 Å². The number of rotatable bonds is 3. The zero-order valence-electron chi connectivity index (χ0n) is 34.2. The molecule has 63 heavy (non-hydrogen) atoms. The highest BCUT2D eigenvalue weighted by Gasteiger charge is 2.23. The van der Waals surface area contributed by atoms with Crippen LogP contribution in [0.5, 0.6) is 0 Å². The van der Waals surface area contributed by atoms with Gasteiger partial charge in [-0.15, -0.1) is 0 Å². The zero-order chi connectivity index (χ0) is 41.2. The second-order valence-corrected chi connectivity index (χ2v) is 17.0. The van der Waals surface area contributed by atoms with E-state index in [0.717, 1.165) is 27.5 Å². The lowest BCUT2D eigenvalue weighted by molar-refractivity contribution is 0.669. The molecule has 14 aromatic rings. The second kappa shape index (κ2) is 13.1. The maximum absolute atomic E-state index is 6.87. The van der Waals surface area contributed by atoms with Crippen LogP contribution in [0.2, 0.25) is 0 Å². The molecular formula is C62H36O. The number of fused-ring (bicyclic) bond motifs is 14. The molecule has 0 bridgehead atoms. The Morgan fingerprint density at radius 2 is 0.540 bits per heavy atom. The molecule has 1 heteroatoms. The molecular weight excluding hydrogens is 761 g/mol. The van der Waals surface area contributed by atoms with Crippen LogP contribution in [0.4, 0.5) is 0 Å². The molecule has 1 aromatic heterocycles. The largest absolute Gasteiger partial charge is 0.456 e. The molecule has 0 amide bonds. The quantitative estimate of drug-likeness (QED) is 0.128. The monoisotopic (exact) mass is 796 g/mol. The van der Waals surface area contributed by atoms with Gasteiger partial charge in [-0.2, -0.15) is 0 Å². The van der Waals surface area contributed by atoms with Crippen LogP contribution in [0.25, 0.3) is 141 Å². The Balaban J connectivity index is 1.03. The smallest absolute Gasteiger partial charge is 0.136 e. The number of benzene rings is 13. The van der Waals surface area contributed by atoms with Gasteiger partial charge in [-0.25, -0.2) is 0 Å². The van der Waals surface area contributed by atoms with E-state index in [2.05, 4.69) is 218 Å². The van der Waals surface area contributed by atoms with E-state index < -0.39 is 0 Å². The molecule has 0 saturated heterocycles. The molecule has 0 aliphatic heterocycles. The van der Waals surface area contributed by atoms with Gasteiger partial charge in [-0.05, 0) is 150 Å². The van der Waals surface area contributed by atoms with Crippen molar-refractivity contribution >= 4 is 108 Å². The van der Waals surface area contributed by atoms with E-state index in [1.165, 1.54) is 114 Å². The predicted octanol–water partition coefficient (Wildman–Crippen LogP) is 17.8. The lowest BCUT2D eigenvalue weighted by Gasteiger charge is -2.22. The van der Waals surface area contributed by atoms with Gasteiger partial charge in [0.15, 0.2) is 0 Å². The van der Waals surface area contributed by atoms with Crippen LogP contribution in [0.15, 0.2) is 223 Å². The van der Waals surface area contributed by atoms with Crippen molar-refractivity contribution in [3.05, 3.63) is 218 Å². The molecule has 1 nitrogen and oxygen atoms in total. The van der Waals surface area contributed by atoms with Gasteiger partial charge < -0.3 is 4.42 Å². The number of furan rings is 1. The normalized spacial score (nSPS) is 12.1. The molecule has 0 aliphatic carbocycles. The van der Waals surface area contributed by atoms with Gasteiger partial charge in [0.05, 0.1) is 0 Å². The van der Waals surface area contributed by atoms with Gasteiger partial charge in [0.25, 0.3) is 0 Å². The Morgan fingerprint density at radius 3 is 1.03 bits per heavy atom. The number of hydrogen-bond acceptors (Lipinski definition) is 1. The van der Waals surface area contributed by atoms with Crippen LogP contribution in [0, 0.1) is 0 Å². The Bertz CT molecular complexity index is 4150. The topological polar surface area (TPSA) is 13.1 Å². The van der Waals surface area contributed by atoms with Crippen molar-refractivity contribution in [2.45, 2.75) is 0 Å². The van der Waals surface area contributed by atoms with Crippen molar-refractivity contribution in [2.75, 3.05) is 0 Å². The van der Waals surface area contributed by atoms with E-state index in [4.69, 9.17) is 4.42 Å². The molecule has 13 aromatic carbocycles. The molecule has 0 saturated carbocycles. The maximum Gasteiger partial charge on any atom is 0.136 e. The molecule has 290 valence electrons. The summed E-state index contributed by atoms with van der Waals surface area (Å²) < 4.78 is 6.87. The Morgan fingerprint density at radius 1 is 0.190 bits per heavy atom. The minimum Gasteiger partial charge on any atom is -0.456 e. The first-order valence-electron chi connectivity index (χ1n) is 21.8. The first-order valence-corrected chi connectivity index (χ1v) is 21.8. The van der Waals surface area contributed by atoms with Crippen molar-refractivity contribution in [3.8, 4) is 33.4 Å². The third-order valence-corrected chi connectivity index (χ3v) is 13.8. The minimum absolute atomic E-state index is 0.893. The molecule has 0 fully saturated rings. The lowest BCUT2D eigenvalue weighted by atomic mass is 9.81. The highest BCUT2D eigenvalue weighted by atomic mass is 16.3. The minimum atomic E-state index is 0.893. The summed E-state index contributed by atoms with van der Waals surface area (Å²) >= 11 is 0. The first-order chi connectivity index (χ1) is 31.3. The highest BCUT2D eigenvalue weighted by Crippen LogP contribution is 2.51. The lowest BCUT2D eigenvalue weighted by Crippen LogP contribution is -1.94. The van der Waals surface area contributed by atoms with E-state index in [1.807, 2.05) is 0 Å². The predicted molar refractivity (Wildman–Crippen MR) is 270 cm³/mol. The third-order valence-electron chi connectivity index (χ3n) is 13.8.